The Kier molecular flexibility index (Phi) is 11.4. The van der Waals surface area contributed by atoms with Crippen molar-refractivity contribution in [3.63, 3.8) is 0 Å². The lowest BCUT2D eigenvalue weighted by atomic mass is 9.82. The monoisotopic (exact) mass is 390 g/mol. The zero-order chi connectivity index (χ0) is 20.3. The van der Waals surface area contributed by atoms with Gasteiger partial charge in [-0.05, 0) is 62.2 Å². The van der Waals surface area contributed by atoms with Crippen LogP contribution in [-0.4, -0.2) is 28.7 Å². The minimum Gasteiger partial charge on any atom is -0.481 e. The van der Waals surface area contributed by atoms with Gasteiger partial charge in [-0.25, -0.2) is 8.78 Å². The van der Waals surface area contributed by atoms with Gasteiger partial charge in [0.05, 0.1) is 0 Å². The van der Waals surface area contributed by atoms with Gasteiger partial charge in [-0.2, -0.15) is 0 Å². The van der Waals surface area contributed by atoms with Crippen molar-refractivity contribution < 1.29 is 23.8 Å². The largest absolute Gasteiger partial charge is 0.481 e. The summed E-state index contributed by atoms with van der Waals surface area (Å²) in [5, 5.41) is 18.3. The maximum absolute atomic E-state index is 14.1. The van der Waals surface area contributed by atoms with Crippen molar-refractivity contribution in [2.24, 2.45) is 23.7 Å². The van der Waals surface area contributed by atoms with E-state index in [9.17, 15) is 18.7 Å². The lowest BCUT2D eigenvalue weighted by molar-refractivity contribution is -0.137. The first-order valence-corrected chi connectivity index (χ1v) is 11.0. The van der Waals surface area contributed by atoms with Crippen molar-refractivity contribution >= 4 is 5.97 Å². The summed E-state index contributed by atoms with van der Waals surface area (Å²) in [6.07, 6.45) is 9.22. The van der Waals surface area contributed by atoms with Crippen LogP contribution in [0.4, 0.5) is 8.78 Å². The van der Waals surface area contributed by atoms with Gasteiger partial charge in [0.2, 0.25) is 5.92 Å². The molecule has 1 saturated carbocycles. The number of alkyl halides is 2. The fourth-order valence-electron chi connectivity index (χ4n) is 4.69. The van der Waals surface area contributed by atoms with Crippen LogP contribution in [0.5, 0.6) is 0 Å². The Morgan fingerprint density at radius 1 is 1.07 bits per heavy atom. The van der Waals surface area contributed by atoms with Gasteiger partial charge in [-0.3, -0.25) is 4.79 Å². The smallest absolute Gasteiger partial charge is 0.303 e. The molecular formula is C22H40F2O3. The van der Waals surface area contributed by atoms with Crippen LogP contribution < -0.4 is 0 Å². The maximum Gasteiger partial charge on any atom is 0.303 e. The van der Waals surface area contributed by atoms with Crippen molar-refractivity contribution in [1.29, 1.82) is 0 Å². The van der Waals surface area contributed by atoms with Gasteiger partial charge < -0.3 is 10.2 Å². The highest BCUT2D eigenvalue weighted by Crippen LogP contribution is 2.43. The van der Waals surface area contributed by atoms with Crippen molar-refractivity contribution in [3.05, 3.63) is 0 Å². The topological polar surface area (TPSA) is 57.5 Å². The number of carboxylic acid groups (broad SMARTS) is 1. The number of aliphatic hydroxyl groups excluding tert-OH is 1. The van der Waals surface area contributed by atoms with Crippen LogP contribution in [0.3, 0.4) is 0 Å². The van der Waals surface area contributed by atoms with Gasteiger partial charge in [-0.1, -0.05) is 39.5 Å². The van der Waals surface area contributed by atoms with E-state index in [-0.39, 0.29) is 31.8 Å². The summed E-state index contributed by atoms with van der Waals surface area (Å²) in [6.45, 7) is 4.05. The Balaban J connectivity index is 2.34. The van der Waals surface area contributed by atoms with E-state index in [0.717, 1.165) is 57.8 Å². The summed E-state index contributed by atoms with van der Waals surface area (Å²) in [5.41, 5.74) is 0. The molecule has 0 aliphatic heterocycles. The summed E-state index contributed by atoms with van der Waals surface area (Å²) in [6, 6.07) is 0. The standard InChI is InChI=1S/C22H40F2O3/c1-3-17(2)15-22(23,24)14-8-9-18-12-13-19(16-25)20(18)10-6-4-5-7-11-21(26)27/h17-20,25H,3-16H2,1-2H3,(H,26,27)/t17-,18-,19?,20?/m0/s1. The van der Waals surface area contributed by atoms with Crippen molar-refractivity contribution in [1.82, 2.24) is 0 Å². The Morgan fingerprint density at radius 2 is 1.74 bits per heavy atom. The highest BCUT2D eigenvalue weighted by atomic mass is 19.3. The lowest BCUT2D eigenvalue weighted by Gasteiger charge is -2.25. The molecule has 4 atom stereocenters. The molecule has 27 heavy (non-hydrogen) atoms. The predicted molar refractivity (Wildman–Crippen MR) is 105 cm³/mol. The second kappa shape index (κ2) is 12.7. The zero-order valence-corrected chi connectivity index (χ0v) is 17.3. The second-order valence-electron chi connectivity index (χ2n) is 8.76. The molecule has 0 aromatic rings. The fraction of sp³-hybridized carbons (Fsp3) is 0.955. The number of halogens is 2. The first-order chi connectivity index (χ1) is 12.8. The molecule has 1 rings (SSSR count). The third kappa shape index (κ3) is 9.87. The predicted octanol–water partition coefficient (Wildman–Crippen LogP) is 6.29. The van der Waals surface area contributed by atoms with Gasteiger partial charge in [0.1, 0.15) is 0 Å². The van der Waals surface area contributed by atoms with Gasteiger partial charge in [0.25, 0.3) is 0 Å². The Hall–Kier alpha value is -0.710. The number of carboxylic acids is 1. The zero-order valence-electron chi connectivity index (χ0n) is 17.3. The lowest BCUT2D eigenvalue weighted by Crippen LogP contribution is -2.21. The van der Waals surface area contributed by atoms with Crippen LogP contribution in [-0.2, 0) is 4.79 Å². The highest BCUT2D eigenvalue weighted by Gasteiger charge is 2.36. The molecule has 2 N–H and O–H groups in total. The minimum atomic E-state index is -2.55. The molecule has 3 nitrogen and oxygen atoms in total. The molecule has 0 heterocycles. The van der Waals surface area contributed by atoms with Gasteiger partial charge in [-0.15, -0.1) is 0 Å². The molecule has 1 aliphatic rings. The summed E-state index contributed by atoms with van der Waals surface area (Å²) >= 11 is 0. The van der Waals surface area contributed by atoms with Crippen LogP contribution in [0.2, 0.25) is 0 Å². The first kappa shape index (κ1) is 24.3. The molecule has 0 aromatic carbocycles. The molecule has 0 radical (unpaired) electrons. The van der Waals surface area contributed by atoms with E-state index in [1.807, 2.05) is 13.8 Å². The molecule has 0 amide bonds. The van der Waals surface area contributed by atoms with Crippen LogP contribution in [0.25, 0.3) is 0 Å². The van der Waals surface area contributed by atoms with Gasteiger partial charge in [0.15, 0.2) is 0 Å². The van der Waals surface area contributed by atoms with Gasteiger partial charge >= 0.3 is 5.97 Å². The molecule has 0 bridgehead atoms. The number of unbranched alkanes of at least 4 members (excludes halogenated alkanes) is 3. The second-order valence-corrected chi connectivity index (χ2v) is 8.76. The summed E-state index contributed by atoms with van der Waals surface area (Å²) in [4.78, 5) is 10.5. The van der Waals surface area contributed by atoms with Crippen molar-refractivity contribution in [2.75, 3.05) is 6.61 Å². The Labute approximate surface area is 163 Å². The Morgan fingerprint density at radius 3 is 2.37 bits per heavy atom. The number of aliphatic hydroxyl groups is 1. The number of hydrogen-bond acceptors (Lipinski definition) is 2. The van der Waals surface area contributed by atoms with Crippen LogP contribution in [0.15, 0.2) is 0 Å². The third-order valence-electron chi connectivity index (χ3n) is 6.49. The number of carbonyl (C=O) groups is 1. The molecule has 1 aliphatic carbocycles. The summed E-state index contributed by atoms with van der Waals surface area (Å²) < 4.78 is 28.1. The molecule has 0 saturated heterocycles. The van der Waals surface area contributed by atoms with E-state index in [0.29, 0.717) is 24.2 Å². The average molecular weight is 391 g/mol. The van der Waals surface area contributed by atoms with E-state index < -0.39 is 11.9 Å². The SMILES string of the molecule is CC[C@H](C)CC(F)(F)CCC[C@H]1CCC(CO)C1CCCCCCC(=O)O. The summed E-state index contributed by atoms with van der Waals surface area (Å²) in [5.74, 6) is -2.01. The molecule has 5 heteroatoms. The minimum absolute atomic E-state index is 0.00674. The van der Waals surface area contributed by atoms with Crippen LogP contribution in [0.1, 0.15) is 97.3 Å². The third-order valence-corrected chi connectivity index (χ3v) is 6.49. The van der Waals surface area contributed by atoms with E-state index in [1.54, 1.807) is 0 Å². The van der Waals surface area contributed by atoms with E-state index >= 15 is 0 Å². The molecule has 0 spiro atoms. The maximum atomic E-state index is 14.1. The quantitative estimate of drug-likeness (QED) is 0.323. The normalized spacial score (nSPS) is 24.3. The first-order valence-electron chi connectivity index (χ1n) is 11.0. The number of aliphatic carboxylic acids is 1. The average Bonchev–Trinajstić information content (AvgIpc) is 2.99. The van der Waals surface area contributed by atoms with Crippen molar-refractivity contribution in [2.45, 2.75) is 103 Å². The summed E-state index contributed by atoms with van der Waals surface area (Å²) in [7, 11) is 0. The van der Waals surface area contributed by atoms with Gasteiger partial charge in [0, 0.05) is 25.9 Å². The van der Waals surface area contributed by atoms with Crippen molar-refractivity contribution in [3.8, 4) is 0 Å². The van der Waals surface area contributed by atoms with E-state index in [2.05, 4.69) is 0 Å². The fourth-order valence-corrected chi connectivity index (χ4v) is 4.69. The molecule has 160 valence electrons. The number of rotatable bonds is 15. The van der Waals surface area contributed by atoms with Crippen LogP contribution >= 0.6 is 0 Å². The number of hydrogen-bond donors (Lipinski definition) is 2. The van der Waals surface area contributed by atoms with E-state index in [1.165, 1.54) is 0 Å². The molecule has 2 unspecified atom stereocenters. The van der Waals surface area contributed by atoms with E-state index in [4.69, 9.17) is 5.11 Å². The Bertz CT molecular complexity index is 414. The molecule has 1 fully saturated rings. The highest BCUT2D eigenvalue weighted by molar-refractivity contribution is 5.66. The molecular weight excluding hydrogens is 350 g/mol. The molecule has 0 aromatic heterocycles. The van der Waals surface area contributed by atoms with Crippen LogP contribution in [0, 0.1) is 23.7 Å².